The predicted molar refractivity (Wildman–Crippen MR) is 102 cm³/mol. The van der Waals surface area contributed by atoms with Gasteiger partial charge in [0.2, 0.25) is 0 Å². The molecule has 1 saturated heterocycles. The highest BCUT2D eigenvalue weighted by Crippen LogP contribution is 2.27. The molecule has 0 bridgehead atoms. The number of tetrazole rings is 1. The Labute approximate surface area is 160 Å². The zero-order valence-electron chi connectivity index (χ0n) is 16.2. The monoisotopic (exact) mass is 376 g/mol. The molecule has 3 rings (SSSR count). The van der Waals surface area contributed by atoms with Gasteiger partial charge in [0.05, 0.1) is 19.2 Å². The summed E-state index contributed by atoms with van der Waals surface area (Å²) in [5.41, 5.74) is 1.08. The summed E-state index contributed by atoms with van der Waals surface area (Å²) in [5, 5.41) is 12.4. The average Bonchev–Trinajstić information content (AvgIpc) is 3.16. The number of anilines is 1. The van der Waals surface area contributed by atoms with Gasteiger partial charge < -0.3 is 9.64 Å². The van der Waals surface area contributed by atoms with Crippen molar-refractivity contribution in [3.63, 3.8) is 0 Å². The first-order valence-corrected chi connectivity index (χ1v) is 9.72. The highest BCUT2D eigenvalue weighted by atomic mass is 19.1. The Morgan fingerprint density at radius 2 is 1.89 bits per heavy atom. The number of nitrogens with zero attached hydrogens (tertiary/aromatic N) is 6. The minimum atomic E-state index is -0.195. The van der Waals surface area contributed by atoms with Gasteiger partial charge in [-0.15, -0.1) is 5.10 Å². The molecule has 7 nitrogen and oxygen atoms in total. The van der Waals surface area contributed by atoms with Crippen molar-refractivity contribution in [1.82, 2.24) is 25.1 Å². The molecule has 8 heteroatoms. The number of hydrogen-bond acceptors (Lipinski definition) is 6. The normalized spacial score (nSPS) is 16.6. The van der Waals surface area contributed by atoms with Crippen LogP contribution in [0.2, 0.25) is 0 Å². The molecule has 1 aliphatic heterocycles. The van der Waals surface area contributed by atoms with E-state index in [0.717, 1.165) is 57.0 Å². The van der Waals surface area contributed by atoms with Crippen molar-refractivity contribution in [1.29, 1.82) is 0 Å². The summed E-state index contributed by atoms with van der Waals surface area (Å²) >= 11 is 0. The Bertz CT molecular complexity index is 684. The van der Waals surface area contributed by atoms with E-state index in [0.29, 0.717) is 13.2 Å². The molecule has 0 saturated carbocycles. The average molecular weight is 376 g/mol. The van der Waals surface area contributed by atoms with E-state index in [4.69, 9.17) is 4.74 Å². The third-order valence-electron chi connectivity index (χ3n) is 5.14. The standard InChI is InChI=1S/C19H29FN6O/c1-3-4-5-18(19-21-22-23-26(19)14-15-27-2)25-12-10-24(11-13-25)17-8-6-16(20)7-9-17/h6-9,18H,3-5,10-15H2,1-2H3/t18-/m1/s1. The maximum atomic E-state index is 13.2. The molecule has 1 aromatic heterocycles. The minimum Gasteiger partial charge on any atom is -0.383 e. The smallest absolute Gasteiger partial charge is 0.168 e. The fraction of sp³-hybridized carbons (Fsp3) is 0.632. The van der Waals surface area contributed by atoms with Gasteiger partial charge in [0.1, 0.15) is 5.82 Å². The van der Waals surface area contributed by atoms with E-state index in [1.165, 1.54) is 12.1 Å². The van der Waals surface area contributed by atoms with Gasteiger partial charge in [0.25, 0.3) is 0 Å². The molecule has 0 amide bonds. The topological polar surface area (TPSA) is 59.3 Å². The van der Waals surface area contributed by atoms with Crippen LogP contribution in [-0.4, -0.2) is 65.0 Å². The number of hydrogen-bond donors (Lipinski definition) is 0. The molecular formula is C19H29FN6O. The van der Waals surface area contributed by atoms with Crippen molar-refractivity contribution in [2.75, 3.05) is 44.8 Å². The highest BCUT2D eigenvalue weighted by molar-refractivity contribution is 5.46. The first-order valence-electron chi connectivity index (χ1n) is 9.72. The molecule has 0 N–H and O–H groups in total. The largest absolute Gasteiger partial charge is 0.383 e. The zero-order valence-corrected chi connectivity index (χ0v) is 16.2. The summed E-state index contributed by atoms with van der Waals surface area (Å²) in [7, 11) is 1.69. The van der Waals surface area contributed by atoms with Gasteiger partial charge in [-0.1, -0.05) is 19.8 Å². The summed E-state index contributed by atoms with van der Waals surface area (Å²) in [5.74, 6) is 0.732. The van der Waals surface area contributed by atoms with Crippen LogP contribution in [0.5, 0.6) is 0 Å². The molecule has 1 atom stereocenters. The van der Waals surface area contributed by atoms with Crippen LogP contribution in [-0.2, 0) is 11.3 Å². The number of unbranched alkanes of at least 4 members (excludes halogenated alkanes) is 1. The summed E-state index contributed by atoms with van der Waals surface area (Å²) < 4.78 is 20.2. The van der Waals surface area contributed by atoms with Gasteiger partial charge in [-0.25, -0.2) is 9.07 Å². The van der Waals surface area contributed by atoms with E-state index < -0.39 is 0 Å². The van der Waals surface area contributed by atoms with E-state index in [1.807, 2.05) is 16.8 Å². The van der Waals surface area contributed by atoms with Crippen molar-refractivity contribution in [3.8, 4) is 0 Å². The summed E-state index contributed by atoms with van der Waals surface area (Å²) in [4.78, 5) is 4.78. The molecule has 27 heavy (non-hydrogen) atoms. The Kier molecular flexibility index (Phi) is 7.11. The van der Waals surface area contributed by atoms with E-state index >= 15 is 0 Å². The summed E-state index contributed by atoms with van der Waals surface area (Å²) in [6, 6.07) is 6.97. The number of aromatic nitrogens is 4. The van der Waals surface area contributed by atoms with Crippen LogP contribution in [0, 0.1) is 5.82 Å². The molecular weight excluding hydrogens is 347 g/mol. The fourth-order valence-corrected chi connectivity index (χ4v) is 3.60. The summed E-state index contributed by atoms with van der Waals surface area (Å²) in [6.07, 6.45) is 3.33. The van der Waals surface area contributed by atoms with Crippen LogP contribution in [0.25, 0.3) is 0 Å². The third kappa shape index (κ3) is 5.01. The summed E-state index contributed by atoms with van der Waals surface area (Å²) in [6.45, 7) is 7.15. The number of halogens is 1. The predicted octanol–water partition coefficient (Wildman–Crippen LogP) is 2.51. The molecule has 0 spiro atoms. The lowest BCUT2D eigenvalue weighted by Gasteiger charge is -2.39. The van der Waals surface area contributed by atoms with Gasteiger partial charge >= 0.3 is 0 Å². The second kappa shape index (κ2) is 9.75. The number of benzene rings is 1. The number of ether oxygens (including phenoxy) is 1. The van der Waals surface area contributed by atoms with Crippen LogP contribution < -0.4 is 4.90 Å². The molecule has 148 valence electrons. The van der Waals surface area contributed by atoms with Crippen molar-refractivity contribution in [2.24, 2.45) is 0 Å². The molecule has 0 radical (unpaired) electrons. The van der Waals surface area contributed by atoms with Crippen LogP contribution in [0.3, 0.4) is 0 Å². The van der Waals surface area contributed by atoms with Crippen LogP contribution in [0.15, 0.2) is 24.3 Å². The lowest BCUT2D eigenvalue weighted by Crippen LogP contribution is -2.48. The first kappa shape index (κ1) is 19.7. The maximum absolute atomic E-state index is 13.2. The zero-order chi connectivity index (χ0) is 19.1. The van der Waals surface area contributed by atoms with E-state index in [1.54, 1.807) is 7.11 Å². The van der Waals surface area contributed by atoms with Crippen molar-refractivity contribution >= 4 is 5.69 Å². The first-order chi connectivity index (χ1) is 13.2. The van der Waals surface area contributed by atoms with Crippen LogP contribution in [0.1, 0.15) is 38.1 Å². The van der Waals surface area contributed by atoms with Gasteiger partial charge in [0.15, 0.2) is 5.82 Å². The Morgan fingerprint density at radius 1 is 1.15 bits per heavy atom. The molecule has 1 aromatic carbocycles. The van der Waals surface area contributed by atoms with Crippen molar-refractivity contribution in [3.05, 3.63) is 35.9 Å². The van der Waals surface area contributed by atoms with Gasteiger partial charge in [0, 0.05) is 39.0 Å². The molecule has 0 aliphatic carbocycles. The fourth-order valence-electron chi connectivity index (χ4n) is 3.60. The van der Waals surface area contributed by atoms with E-state index in [-0.39, 0.29) is 11.9 Å². The Morgan fingerprint density at radius 3 is 2.56 bits per heavy atom. The van der Waals surface area contributed by atoms with E-state index in [9.17, 15) is 4.39 Å². The molecule has 1 aliphatic rings. The van der Waals surface area contributed by atoms with Crippen molar-refractivity contribution in [2.45, 2.75) is 38.8 Å². The number of methoxy groups -OCH3 is 1. The second-order valence-electron chi connectivity index (χ2n) is 6.91. The molecule has 2 aromatic rings. The molecule has 2 heterocycles. The maximum Gasteiger partial charge on any atom is 0.168 e. The second-order valence-corrected chi connectivity index (χ2v) is 6.91. The number of piperazine rings is 1. The Balaban J connectivity index is 1.68. The van der Waals surface area contributed by atoms with E-state index in [2.05, 4.69) is 32.2 Å². The Hall–Kier alpha value is -2.06. The van der Waals surface area contributed by atoms with Gasteiger partial charge in [-0.2, -0.15) is 0 Å². The van der Waals surface area contributed by atoms with Crippen LogP contribution in [0.4, 0.5) is 10.1 Å². The minimum absolute atomic E-state index is 0.195. The highest BCUT2D eigenvalue weighted by Gasteiger charge is 2.28. The van der Waals surface area contributed by atoms with Gasteiger partial charge in [-0.05, 0) is 41.1 Å². The third-order valence-corrected chi connectivity index (χ3v) is 5.14. The number of rotatable bonds is 9. The lowest BCUT2D eigenvalue weighted by atomic mass is 10.1. The molecule has 0 unspecified atom stereocenters. The molecule has 1 fully saturated rings. The quantitative estimate of drug-likeness (QED) is 0.670. The van der Waals surface area contributed by atoms with Gasteiger partial charge in [-0.3, -0.25) is 4.90 Å². The lowest BCUT2D eigenvalue weighted by molar-refractivity contribution is 0.152. The van der Waals surface area contributed by atoms with Crippen LogP contribution >= 0.6 is 0 Å². The van der Waals surface area contributed by atoms with Crippen molar-refractivity contribution < 1.29 is 9.13 Å². The SMILES string of the molecule is CCCC[C@H](c1nnnn1CCOC)N1CCN(c2ccc(F)cc2)CC1.